The quantitative estimate of drug-likeness (QED) is 0.233. The molecular weight excluding hydrogens is 474 g/mol. The van der Waals surface area contributed by atoms with E-state index >= 15 is 0 Å². The first-order chi connectivity index (χ1) is 19.3. The summed E-state index contributed by atoms with van der Waals surface area (Å²) >= 11 is 0. The van der Waals surface area contributed by atoms with Gasteiger partial charge in [-0.25, -0.2) is 0 Å². The molecule has 39 heavy (non-hydrogen) atoms. The van der Waals surface area contributed by atoms with Crippen LogP contribution in [0.1, 0.15) is 18.4 Å². The average molecular weight is 504 g/mol. The summed E-state index contributed by atoms with van der Waals surface area (Å²) in [6, 6.07) is 43.0. The van der Waals surface area contributed by atoms with E-state index < -0.39 is 0 Å². The van der Waals surface area contributed by atoms with Crippen molar-refractivity contribution < 1.29 is 4.42 Å². The zero-order chi connectivity index (χ0) is 26.2. The Morgan fingerprint density at radius 3 is 2.08 bits per heavy atom. The number of furan rings is 1. The lowest BCUT2D eigenvalue weighted by Gasteiger charge is -2.31. The Labute approximate surface area is 229 Å². The molecule has 188 valence electrons. The second-order valence-corrected chi connectivity index (χ2v) is 10.2. The SMILES string of the molecule is CC1C=CC=CC1c1ccccc1N(c1ccc(-c2ccccc2)cc1)c1ccc2c(c1)oc1ccccc12. The Balaban J connectivity index is 1.40. The second kappa shape index (κ2) is 9.81. The van der Waals surface area contributed by atoms with E-state index in [0.29, 0.717) is 11.8 Å². The van der Waals surface area contributed by atoms with Gasteiger partial charge in [0.05, 0.1) is 0 Å². The number of nitrogens with zero attached hydrogens (tertiary/aromatic N) is 1. The van der Waals surface area contributed by atoms with E-state index in [9.17, 15) is 0 Å². The fraction of sp³-hybridized carbons (Fsp3) is 0.0811. The van der Waals surface area contributed by atoms with Gasteiger partial charge in [-0.15, -0.1) is 0 Å². The first kappa shape index (κ1) is 23.3. The van der Waals surface area contributed by atoms with Crippen molar-refractivity contribution >= 4 is 39.0 Å². The molecule has 2 unspecified atom stereocenters. The third kappa shape index (κ3) is 4.24. The molecule has 0 aliphatic heterocycles. The van der Waals surface area contributed by atoms with Crippen LogP contribution >= 0.6 is 0 Å². The molecular formula is C37H29NO. The summed E-state index contributed by atoms with van der Waals surface area (Å²) in [5.41, 5.74) is 8.90. The van der Waals surface area contributed by atoms with Crippen molar-refractivity contribution in [3.63, 3.8) is 0 Å². The van der Waals surface area contributed by atoms with Crippen LogP contribution in [0, 0.1) is 5.92 Å². The van der Waals surface area contributed by atoms with Crippen LogP contribution < -0.4 is 4.90 Å². The van der Waals surface area contributed by atoms with Crippen LogP contribution in [-0.4, -0.2) is 0 Å². The van der Waals surface area contributed by atoms with Gasteiger partial charge < -0.3 is 9.32 Å². The van der Waals surface area contributed by atoms with Crippen LogP contribution in [0.2, 0.25) is 0 Å². The lowest BCUT2D eigenvalue weighted by molar-refractivity contribution is 0.635. The fourth-order valence-electron chi connectivity index (χ4n) is 5.79. The summed E-state index contributed by atoms with van der Waals surface area (Å²) in [5, 5.41) is 2.28. The number of benzene rings is 5. The summed E-state index contributed by atoms with van der Waals surface area (Å²) in [6.07, 6.45) is 8.93. The molecule has 6 aromatic rings. The molecule has 1 heterocycles. The molecule has 0 radical (unpaired) electrons. The highest BCUT2D eigenvalue weighted by Gasteiger charge is 2.24. The van der Waals surface area contributed by atoms with Gasteiger partial charge in [0.2, 0.25) is 0 Å². The van der Waals surface area contributed by atoms with E-state index in [0.717, 1.165) is 33.3 Å². The summed E-state index contributed by atoms with van der Waals surface area (Å²) in [4.78, 5) is 2.37. The zero-order valence-electron chi connectivity index (χ0n) is 21.9. The van der Waals surface area contributed by atoms with Crippen LogP contribution in [-0.2, 0) is 0 Å². The van der Waals surface area contributed by atoms with Gasteiger partial charge in [0.15, 0.2) is 0 Å². The van der Waals surface area contributed by atoms with E-state index in [4.69, 9.17) is 4.42 Å². The molecule has 0 saturated carbocycles. The first-order valence-corrected chi connectivity index (χ1v) is 13.6. The summed E-state index contributed by atoms with van der Waals surface area (Å²) in [5.74, 6) is 0.712. The Kier molecular flexibility index (Phi) is 5.86. The number of allylic oxidation sites excluding steroid dienone is 4. The number of rotatable bonds is 5. The molecule has 0 N–H and O–H groups in total. The standard InChI is InChI=1S/C37H29NO/c1-26-11-5-6-14-31(26)32-15-7-9-17-35(32)38(29-21-19-28(20-22-29)27-12-3-2-4-13-27)30-23-24-34-33-16-8-10-18-36(33)39-37(34)25-30/h2-26,31H,1H3. The maximum Gasteiger partial charge on any atom is 0.137 e. The van der Waals surface area contributed by atoms with Gasteiger partial charge in [-0.05, 0) is 59.0 Å². The van der Waals surface area contributed by atoms with Crippen molar-refractivity contribution in [2.45, 2.75) is 12.8 Å². The number of fused-ring (bicyclic) bond motifs is 3. The molecule has 2 nitrogen and oxygen atoms in total. The number of para-hydroxylation sites is 2. The molecule has 0 fully saturated rings. The molecule has 0 saturated heterocycles. The Bertz CT molecular complexity index is 1830. The maximum absolute atomic E-state index is 6.31. The molecule has 7 rings (SSSR count). The lowest BCUT2D eigenvalue weighted by atomic mass is 9.83. The fourth-order valence-corrected chi connectivity index (χ4v) is 5.79. The van der Waals surface area contributed by atoms with E-state index in [1.807, 2.05) is 12.1 Å². The summed E-state index contributed by atoms with van der Waals surface area (Å²) < 4.78 is 6.31. The molecule has 0 amide bonds. The monoisotopic (exact) mass is 503 g/mol. The van der Waals surface area contributed by atoms with E-state index in [-0.39, 0.29) is 0 Å². The maximum atomic E-state index is 6.31. The number of anilines is 3. The Morgan fingerprint density at radius 1 is 0.564 bits per heavy atom. The molecule has 2 heteroatoms. The normalized spacial score (nSPS) is 16.6. The largest absolute Gasteiger partial charge is 0.456 e. The van der Waals surface area contributed by atoms with Crippen molar-refractivity contribution in [3.05, 3.63) is 151 Å². The van der Waals surface area contributed by atoms with Crippen LogP contribution in [0.3, 0.4) is 0 Å². The third-order valence-corrected chi connectivity index (χ3v) is 7.80. The predicted octanol–water partition coefficient (Wildman–Crippen LogP) is 10.6. The summed E-state index contributed by atoms with van der Waals surface area (Å²) in [6.45, 7) is 2.29. The van der Waals surface area contributed by atoms with Gasteiger partial charge in [0, 0.05) is 39.8 Å². The highest BCUT2D eigenvalue weighted by Crippen LogP contribution is 2.44. The van der Waals surface area contributed by atoms with Crippen LogP contribution in [0.25, 0.3) is 33.1 Å². The predicted molar refractivity (Wildman–Crippen MR) is 164 cm³/mol. The van der Waals surface area contributed by atoms with Crippen molar-refractivity contribution in [3.8, 4) is 11.1 Å². The van der Waals surface area contributed by atoms with Gasteiger partial charge in [-0.2, -0.15) is 0 Å². The Hall–Kier alpha value is -4.82. The molecule has 1 aliphatic carbocycles. The highest BCUT2D eigenvalue weighted by atomic mass is 16.3. The molecule has 0 spiro atoms. The molecule has 1 aliphatic rings. The molecule has 1 aromatic heterocycles. The number of hydrogen-bond donors (Lipinski definition) is 0. The van der Waals surface area contributed by atoms with Crippen molar-refractivity contribution in [2.75, 3.05) is 4.90 Å². The Morgan fingerprint density at radius 2 is 1.23 bits per heavy atom. The minimum atomic E-state index is 0.298. The number of hydrogen-bond acceptors (Lipinski definition) is 2. The van der Waals surface area contributed by atoms with Crippen molar-refractivity contribution in [2.24, 2.45) is 5.92 Å². The van der Waals surface area contributed by atoms with Crippen molar-refractivity contribution in [1.82, 2.24) is 0 Å². The van der Waals surface area contributed by atoms with Crippen LogP contribution in [0.4, 0.5) is 17.1 Å². The van der Waals surface area contributed by atoms with E-state index in [1.165, 1.54) is 22.4 Å². The lowest BCUT2D eigenvalue weighted by Crippen LogP contribution is -2.16. The molecule has 2 atom stereocenters. The smallest absolute Gasteiger partial charge is 0.137 e. The van der Waals surface area contributed by atoms with Gasteiger partial charge in [-0.3, -0.25) is 0 Å². The highest BCUT2D eigenvalue weighted by molar-refractivity contribution is 6.06. The van der Waals surface area contributed by atoms with Crippen LogP contribution in [0.15, 0.2) is 150 Å². The van der Waals surface area contributed by atoms with Gasteiger partial charge >= 0.3 is 0 Å². The molecule has 5 aromatic carbocycles. The molecule has 0 bridgehead atoms. The van der Waals surface area contributed by atoms with Gasteiger partial charge in [0.1, 0.15) is 11.2 Å². The second-order valence-electron chi connectivity index (χ2n) is 10.2. The van der Waals surface area contributed by atoms with Crippen molar-refractivity contribution in [1.29, 1.82) is 0 Å². The van der Waals surface area contributed by atoms with E-state index in [2.05, 4.69) is 145 Å². The van der Waals surface area contributed by atoms with Crippen LogP contribution in [0.5, 0.6) is 0 Å². The zero-order valence-corrected chi connectivity index (χ0v) is 21.9. The average Bonchev–Trinajstić information content (AvgIpc) is 3.37. The minimum absolute atomic E-state index is 0.298. The van der Waals surface area contributed by atoms with Gasteiger partial charge in [0.25, 0.3) is 0 Å². The summed E-state index contributed by atoms with van der Waals surface area (Å²) in [7, 11) is 0. The third-order valence-electron chi connectivity index (χ3n) is 7.80. The minimum Gasteiger partial charge on any atom is -0.456 e. The van der Waals surface area contributed by atoms with Gasteiger partial charge in [-0.1, -0.05) is 110 Å². The topological polar surface area (TPSA) is 16.4 Å². The first-order valence-electron chi connectivity index (χ1n) is 13.6. The van der Waals surface area contributed by atoms with E-state index in [1.54, 1.807) is 0 Å².